The minimum Gasteiger partial charge on any atom is -0.491 e. The molecule has 1 heterocycles. The number of hydrogen-bond donors (Lipinski definition) is 0. The van der Waals surface area contributed by atoms with Crippen LogP contribution < -0.4 is 4.74 Å². The molecule has 0 amide bonds. The fraction of sp³-hybridized carbons (Fsp3) is 0.429. The van der Waals surface area contributed by atoms with Crippen LogP contribution in [-0.2, 0) is 5.75 Å². The summed E-state index contributed by atoms with van der Waals surface area (Å²) in [6.07, 6.45) is 2.35. The Morgan fingerprint density at radius 1 is 1.38 bits per heavy atom. The molecule has 7 heteroatoms. The van der Waals surface area contributed by atoms with Gasteiger partial charge in [0.2, 0.25) is 0 Å². The van der Waals surface area contributed by atoms with E-state index in [9.17, 15) is 0 Å². The Hall–Kier alpha value is -2.07. The minimum absolute atomic E-state index is 0.509. The highest BCUT2D eigenvalue weighted by atomic mass is 32.2. The van der Waals surface area contributed by atoms with Gasteiger partial charge in [-0.25, -0.2) is 4.68 Å². The minimum atomic E-state index is 0.509. The summed E-state index contributed by atoms with van der Waals surface area (Å²) < 4.78 is 7.57. The predicted octanol–water partition coefficient (Wildman–Crippen LogP) is 2.19. The molecule has 3 rings (SSSR count). The van der Waals surface area contributed by atoms with Crippen molar-refractivity contribution in [1.29, 1.82) is 5.26 Å². The molecule has 1 aromatic heterocycles. The van der Waals surface area contributed by atoms with E-state index in [4.69, 9.17) is 10.00 Å². The van der Waals surface area contributed by atoms with Crippen molar-refractivity contribution in [2.75, 3.05) is 12.4 Å². The van der Waals surface area contributed by atoms with Gasteiger partial charge < -0.3 is 4.74 Å². The van der Waals surface area contributed by atoms with Gasteiger partial charge in [0.1, 0.15) is 11.8 Å². The third-order valence-electron chi connectivity index (χ3n) is 3.18. The maximum absolute atomic E-state index is 8.97. The number of benzene rings is 1. The second-order valence-corrected chi connectivity index (χ2v) is 5.89. The molecule has 0 atom stereocenters. The number of nitrogens with zero attached hydrogens (tertiary/aromatic N) is 5. The highest BCUT2D eigenvalue weighted by Crippen LogP contribution is 2.34. The second-order valence-electron chi connectivity index (χ2n) is 4.78. The van der Waals surface area contributed by atoms with Crippen molar-refractivity contribution in [2.24, 2.45) is 0 Å². The average Bonchev–Trinajstić information content (AvgIpc) is 3.26. The topological polar surface area (TPSA) is 76.6 Å². The molecular weight excluding hydrogens is 286 g/mol. The molecule has 1 aliphatic rings. The lowest BCUT2D eigenvalue weighted by Gasteiger charge is -2.07. The van der Waals surface area contributed by atoms with Gasteiger partial charge in [-0.1, -0.05) is 12.1 Å². The fourth-order valence-corrected chi connectivity index (χ4v) is 2.69. The van der Waals surface area contributed by atoms with Crippen molar-refractivity contribution < 1.29 is 4.74 Å². The lowest BCUT2D eigenvalue weighted by Crippen LogP contribution is -2.05. The van der Waals surface area contributed by atoms with Crippen LogP contribution in [0, 0.1) is 11.3 Å². The van der Waals surface area contributed by atoms with E-state index in [1.165, 1.54) is 12.8 Å². The molecule has 0 saturated heterocycles. The van der Waals surface area contributed by atoms with Crippen LogP contribution >= 0.6 is 11.8 Å². The van der Waals surface area contributed by atoms with E-state index in [0.717, 1.165) is 17.3 Å². The van der Waals surface area contributed by atoms with Gasteiger partial charge in [-0.3, -0.25) is 0 Å². The van der Waals surface area contributed by atoms with Crippen molar-refractivity contribution in [3.8, 4) is 11.8 Å². The molecule has 0 N–H and O–H groups in total. The molecule has 2 aromatic rings. The van der Waals surface area contributed by atoms with E-state index < -0.39 is 0 Å². The number of aromatic nitrogens is 4. The van der Waals surface area contributed by atoms with Gasteiger partial charge in [0.05, 0.1) is 24.0 Å². The first-order valence-corrected chi connectivity index (χ1v) is 8.00. The van der Waals surface area contributed by atoms with Crippen LogP contribution in [0.5, 0.6) is 5.75 Å². The fourth-order valence-electron chi connectivity index (χ4n) is 1.97. The van der Waals surface area contributed by atoms with Crippen LogP contribution in [0.2, 0.25) is 0 Å². The number of hydrogen-bond acceptors (Lipinski definition) is 6. The molecule has 21 heavy (non-hydrogen) atoms. The Bertz CT molecular complexity index is 647. The number of para-hydroxylation sites is 1. The third kappa shape index (κ3) is 3.52. The molecule has 0 spiro atoms. The monoisotopic (exact) mass is 301 g/mol. The molecule has 0 bridgehead atoms. The van der Waals surface area contributed by atoms with E-state index in [1.807, 2.05) is 22.9 Å². The molecule has 1 saturated carbocycles. The van der Waals surface area contributed by atoms with Crippen LogP contribution in [0.1, 0.15) is 30.3 Å². The zero-order valence-corrected chi connectivity index (χ0v) is 12.3. The lowest BCUT2D eigenvalue weighted by molar-refractivity contribution is 0.343. The van der Waals surface area contributed by atoms with E-state index in [-0.39, 0.29) is 0 Å². The summed E-state index contributed by atoms with van der Waals surface area (Å²) in [7, 11) is 0. The summed E-state index contributed by atoms with van der Waals surface area (Å²) in [5.41, 5.74) is 0.570. The van der Waals surface area contributed by atoms with Crippen molar-refractivity contribution in [3.63, 3.8) is 0 Å². The van der Waals surface area contributed by atoms with E-state index in [1.54, 1.807) is 17.8 Å². The van der Waals surface area contributed by atoms with Gasteiger partial charge >= 0.3 is 0 Å². The smallest absolute Gasteiger partial charge is 0.161 e. The van der Waals surface area contributed by atoms with Crippen molar-refractivity contribution >= 4 is 11.8 Å². The molecule has 108 valence electrons. The van der Waals surface area contributed by atoms with Crippen molar-refractivity contribution in [2.45, 2.75) is 24.6 Å². The van der Waals surface area contributed by atoms with E-state index >= 15 is 0 Å². The van der Waals surface area contributed by atoms with Crippen LogP contribution in [0.25, 0.3) is 0 Å². The highest BCUT2D eigenvalue weighted by molar-refractivity contribution is 7.98. The number of nitriles is 1. The maximum Gasteiger partial charge on any atom is 0.161 e. The Morgan fingerprint density at radius 3 is 3.05 bits per heavy atom. The Balaban J connectivity index is 1.42. The van der Waals surface area contributed by atoms with Gasteiger partial charge in [0.25, 0.3) is 0 Å². The van der Waals surface area contributed by atoms with Gasteiger partial charge in [0.15, 0.2) is 5.82 Å². The normalized spacial score (nSPS) is 13.9. The Kier molecular flexibility index (Phi) is 4.36. The Labute approximate surface area is 127 Å². The van der Waals surface area contributed by atoms with Crippen LogP contribution in [0.4, 0.5) is 0 Å². The molecule has 0 aliphatic heterocycles. The zero-order chi connectivity index (χ0) is 14.5. The number of tetrazole rings is 1. The molecule has 1 aliphatic carbocycles. The van der Waals surface area contributed by atoms with Crippen LogP contribution in [0.3, 0.4) is 0 Å². The molecule has 1 fully saturated rings. The zero-order valence-electron chi connectivity index (χ0n) is 11.5. The SMILES string of the molecule is N#Cc1ccccc1OCCSCc1nnnn1C1CC1. The van der Waals surface area contributed by atoms with E-state index in [2.05, 4.69) is 21.6 Å². The summed E-state index contributed by atoms with van der Waals surface area (Å²) in [5, 5.41) is 20.8. The maximum atomic E-state index is 8.97. The van der Waals surface area contributed by atoms with Gasteiger partial charge in [-0.2, -0.15) is 17.0 Å². The first-order chi connectivity index (χ1) is 10.4. The summed E-state index contributed by atoms with van der Waals surface area (Å²) in [4.78, 5) is 0. The second kappa shape index (κ2) is 6.59. The first-order valence-electron chi connectivity index (χ1n) is 6.85. The predicted molar refractivity (Wildman–Crippen MR) is 78.9 cm³/mol. The van der Waals surface area contributed by atoms with Crippen molar-refractivity contribution in [3.05, 3.63) is 35.7 Å². The summed E-state index contributed by atoms with van der Waals surface area (Å²) in [6, 6.07) is 9.90. The number of ether oxygens (including phenoxy) is 1. The van der Waals surface area contributed by atoms with Gasteiger partial charge in [-0.05, 0) is 35.4 Å². The summed E-state index contributed by atoms with van der Waals surface area (Å²) in [5.74, 6) is 3.19. The average molecular weight is 301 g/mol. The molecular formula is C14H15N5OS. The lowest BCUT2D eigenvalue weighted by atomic mass is 10.2. The molecule has 1 aromatic carbocycles. The van der Waals surface area contributed by atoms with E-state index in [0.29, 0.717) is 24.0 Å². The standard InChI is InChI=1S/C14H15N5OS/c15-9-11-3-1-2-4-13(11)20-7-8-21-10-14-16-17-18-19(14)12-5-6-12/h1-4,12H,5-8,10H2. The van der Waals surface area contributed by atoms with Crippen LogP contribution in [-0.4, -0.2) is 32.6 Å². The number of rotatable bonds is 7. The Morgan fingerprint density at radius 2 is 2.24 bits per heavy atom. The van der Waals surface area contributed by atoms with Gasteiger partial charge in [-0.15, -0.1) is 5.10 Å². The number of thioether (sulfide) groups is 1. The molecule has 0 radical (unpaired) electrons. The molecule has 0 unspecified atom stereocenters. The first kappa shape index (κ1) is 13.9. The van der Waals surface area contributed by atoms with Crippen molar-refractivity contribution in [1.82, 2.24) is 20.2 Å². The highest BCUT2D eigenvalue weighted by Gasteiger charge is 2.27. The third-order valence-corrected chi connectivity index (χ3v) is 4.10. The van der Waals surface area contributed by atoms with Crippen LogP contribution in [0.15, 0.2) is 24.3 Å². The van der Waals surface area contributed by atoms with Gasteiger partial charge in [0, 0.05) is 5.75 Å². The largest absolute Gasteiger partial charge is 0.491 e. The quantitative estimate of drug-likeness (QED) is 0.730. The summed E-state index contributed by atoms with van der Waals surface area (Å²) in [6.45, 7) is 0.564. The molecule has 6 nitrogen and oxygen atoms in total. The summed E-state index contributed by atoms with van der Waals surface area (Å²) >= 11 is 1.73.